The highest BCUT2D eigenvalue weighted by molar-refractivity contribution is 5.91. The van der Waals surface area contributed by atoms with Gasteiger partial charge in [0.2, 0.25) is 5.91 Å². The van der Waals surface area contributed by atoms with Crippen LogP contribution < -0.4 is 10.1 Å². The molecule has 7 nitrogen and oxygen atoms in total. The van der Waals surface area contributed by atoms with E-state index in [2.05, 4.69) is 10.2 Å². The largest absolute Gasteiger partial charge is 0.495 e. The molecule has 7 heteroatoms. The number of carbonyl (C=O) groups is 2. The van der Waals surface area contributed by atoms with Crippen molar-refractivity contribution >= 4 is 17.6 Å². The van der Waals surface area contributed by atoms with E-state index in [4.69, 9.17) is 4.74 Å². The molecule has 2 saturated heterocycles. The van der Waals surface area contributed by atoms with Crippen molar-refractivity contribution in [3.05, 3.63) is 24.3 Å². The molecule has 3 amide bonds. The lowest BCUT2D eigenvalue weighted by atomic mass is 10.3. The van der Waals surface area contributed by atoms with Gasteiger partial charge in [-0.25, -0.2) is 4.79 Å². The second-order valence-corrected chi connectivity index (χ2v) is 6.48. The van der Waals surface area contributed by atoms with E-state index in [1.165, 1.54) is 0 Å². The standard InChI is InChI=1S/C18H26N4O3/c1-25-16-7-3-2-6-15(16)19-18(24)22-12-10-20(11-13-22)14-17(23)21-8-4-5-9-21/h2-3,6-7H,4-5,8-14H2,1H3,(H,19,24). The number of methoxy groups -OCH3 is 1. The summed E-state index contributed by atoms with van der Waals surface area (Å²) in [5.41, 5.74) is 0.668. The number of anilines is 1. The Kier molecular flexibility index (Phi) is 5.75. The van der Waals surface area contributed by atoms with Gasteiger partial charge in [0, 0.05) is 39.3 Å². The molecule has 2 heterocycles. The number of carbonyl (C=O) groups excluding carboxylic acids is 2. The third-order valence-corrected chi connectivity index (χ3v) is 4.83. The van der Waals surface area contributed by atoms with E-state index in [0.29, 0.717) is 31.1 Å². The minimum Gasteiger partial charge on any atom is -0.495 e. The predicted octanol–water partition coefficient (Wildman–Crippen LogP) is 1.47. The minimum atomic E-state index is -0.130. The number of hydrogen-bond donors (Lipinski definition) is 1. The molecule has 0 bridgehead atoms. The molecule has 1 aromatic rings. The Morgan fingerprint density at radius 2 is 1.68 bits per heavy atom. The van der Waals surface area contributed by atoms with Crippen LogP contribution in [0.3, 0.4) is 0 Å². The highest BCUT2D eigenvalue weighted by Crippen LogP contribution is 2.23. The minimum absolute atomic E-state index is 0.130. The maximum absolute atomic E-state index is 12.4. The van der Waals surface area contributed by atoms with E-state index in [1.807, 2.05) is 29.2 Å². The summed E-state index contributed by atoms with van der Waals surface area (Å²) in [5, 5.41) is 2.90. The molecule has 2 fully saturated rings. The number of hydrogen-bond acceptors (Lipinski definition) is 4. The first-order chi connectivity index (χ1) is 12.2. The number of piperazine rings is 1. The van der Waals surface area contributed by atoms with Crippen molar-refractivity contribution in [2.24, 2.45) is 0 Å². The monoisotopic (exact) mass is 346 g/mol. The normalized spacial score (nSPS) is 18.3. The van der Waals surface area contributed by atoms with Crippen LogP contribution >= 0.6 is 0 Å². The van der Waals surface area contributed by atoms with Crippen LogP contribution in [0.1, 0.15) is 12.8 Å². The number of amides is 3. The van der Waals surface area contributed by atoms with Gasteiger partial charge in [0.1, 0.15) is 5.75 Å². The number of nitrogens with zero attached hydrogens (tertiary/aromatic N) is 3. The quantitative estimate of drug-likeness (QED) is 0.897. The Labute approximate surface area is 148 Å². The van der Waals surface area contributed by atoms with E-state index < -0.39 is 0 Å². The zero-order valence-corrected chi connectivity index (χ0v) is 14.7. The van der Waals surface area contributed by atoms with Crippen LogP contribution in [0.2, 0.25) is 0 Å². The Morgan fingerprint density at radius 1 is 1.00 bits per heavy atom. The number of likely N-dealkylation sites (tertiary alicyclic amines) is 1. The molecule has 0 spiro atoms. The van der Waals surface area contributed by atoms with Crippen LogP contribution in [0.25, 0.3) is 0 Å². The molecule has 25 heavy (non-hydrogen) atoms. The summed E-state index contributed by atoms with van der Waals surface area (Å²) < 4.78 is 5.26. The van der Waals surface area contributed by atoms with Gasteiger partial charge in [-0.05, 0) is 25.0 Å². The molecule has 2 aliphatic heterocycles. The molecule has 1 aromatic carbocycles. The zero-order valence-electron chi connectivity index (χ0n) is 14.7. The summed E-state index contributed by atoms with van der Waals surface area (Å²) in [7, 11) is 1.58. The lowest BCUT2D eigenvalue weighted by Gasteiger charge is -2.35. The average Bonchev–Trinajstić information content (AvgIpc) is 3.17. The van der Waals surface area contributed by atoms with Gasteiger partial charge in [-0.1, -0.05) is 12.1 Å². The topological polar surface area (TPSA) is 65.1 Å². The van der Waals surface area contributed by atoms with E-state index >= 15 is 0 Å². The number of rotatable bonds is 4. The summed E-state index contributed by atoms with van der Waals surface area (Å²) in [6.45, 7) is 4.92. The molecule has 0 radical (unpaired) electrons. The van der Waals surface area contributed by atoms with Crippen molar-refractivity contribution in [3.63, 3.8) is 0 Å². The van der Waals surface area contributed by atoms with Gasteiger partial charge in [0.15, 0.2) is 0 Å². The first-order valence-electron chi connectivity index (χ1n) is 8.86. The lowest BCUT2D eigenvalue weighted by molar-refractivity contribution is -0.131. The third-order valence-electron chi connectivity index (χ3n) is 4.83. The Bertz CT molecular complexity index is 608. The fraction of sp³-hybridized carbons (Fsp3) is 0.556. The van der Waals surface area contributed by atoms with Crippen molar-refractivity contribution in [2.45, 2.75) is 12.8 Å². The van der Waals surface area contributed by atoms with Crippen LogP contribution in [0, 0.1) is 0 Å². The maximum Gasteiger partial charge on any atom is 0.322 e. The molecule has 0 saturated carbocycles. The van der Waals surface area contributed by atoms with E-state index in [9.17, 15) is 9.59 Å². The molecule has 0 atom stereocenters. The molecule has 0 unspecified atom stereocenters. The summed E-state index contributed by atoms with van der Waals surface area (Å²) in [5.74, 6) is 0.857. The van der Waals surface area contributed by atoms with Gasteiger partial charge in [-0.2, -0.15) is 0 Å². The number of ether oxygens (including phenoxy) is 1. The first kappa shape index (κ1) is 17.5. The Balaban J connectivity index is 1.46. The molecule has 3 rings (SSSR count). The molecule has 0 aliphatic carbocycles. The summed E-state index contributed by atoms with van der Waals surface area (Å²) >= 11 is 0. The van der Waals surface area contributed by atoms with Crippen LogP contribution in [-0.2, 0) is 4.79 Å². The van der Waals surface area contributed by atoms with Crippen molar-refractivity contribution in [2.75, 3.05) is 58.2 Å². The van der Waals surface area contributed by atoms with Gasteiger partial charge in [0.25, 0.3) is 0 Å². The van der Waals surface area contributed by atoms with Gasteiger partial charge >= 0.3 is 6.03 Å². The molecule has 0 aromatic heterocycles. The second-order valence-electron chi connectivity index (χ2n) is 6.48. The fourth-order valence-electron chi connectivity index (χ4n) is 3.31. The second kappa shape index (κ2) is 8.20. The summed E-state index contributed by atoms with van der Waals surface area (Å²) in [6.07, 6.45) is 2.23. The first-order valence-corrected chi connectivity index (χ1v) is 8.86. The van der Waals surface area contributed by atoms with Crippen LogP contribution in [-0.4, -0.2) is 79.6 Å². The zero-order chi connectivity index (χ0) is 17.6. The summed E-state index contributed by atoms with van der Waals surface area (Å²) in [6, 6.07) is 7.24. The van der Waals surface area contributed by atoms with Gasteiger partial charge in [-0.3, -0.25) is 9.69 Å². The number of benzene rings is 1. The van der Waals surface area contributed by atoms with Crippen LogP contribution in [0.15, 0.2) is 24.3 Å². The fourth-order valence-corrected chi connectivity index (χ4v) is 3.31. The van der Waals surface area contributed by atoms with E-state index in [-0.39, 0.29) is 11.9 Å². The van der Waals surface area contributed by atoms with Crippen molar-refractivity contribution < 1.29 is 14.3 Å². The van der Waals surface area contributed by atoms with E-state index in [1.54, 1.807) is 12.0 Å². The van der Waals surface area contributed by atoms with Crippen molar-refractivity contribution in [1.82, 2.24) is 14.7 Å². The van der Waals surface area contributed by atoms with Crippen LogP contribution in [0.5, 0.6) is 5.75 Å². The maximum atomic E-state index is 12.4. The smallest absolute Gasteiger partial charge is 0.322 e. The summed E-state index contributed by atoms with van der Waals surface area (Å²) in [4.78, 5) is 30.5. The highest BCUT2D eigenvalue weighted by Gasteiger charge is 2.25. The van der Waals surface area contributed by atoms with Gasteiger partial charge < -0.3 is 19.9 Å². The lowest BCUT2D eigenvalue weighted by Crippen LogP contribution is -2.52. The molecule has 1 N–H and O–H groups in total. The number of nitrogens with one attached hydrogen (secondary N) is 1. The van der Waals surface area contributed by atoms with Gasteiger partial charge in [-0.15, -0.1) is 0 Å². The number of para-hydroxylation sites is 2. The third kappa shape index (κ3) is 4.42. The molecular weight excluding hydrogens is 320 g/mol. The molecule has 2 aliphatic rings. The predicted molar refractivity (Wildman–Crippen MR) is 95.8 cm³/mol. The van der Waals surface area contributed by atoms with E-state index in [0.717, 1.165) is 39.0 Å². The SMILES string of the molecule is COc1ccccc1NC(=O)N1CCN(CC(=O)N2CCCC2)CC1. The number of urea groups is 1. The highest BCUT2D eigenvalue weighted by atomic mass is 16.5. The Morgan fingerprint density at radius 3 is 2.36 bits per heavy atom. The van der Waals surface area contributed by atoms with Crippen molar-refractivity contribution in [3.8, 4) is 5.75 Å². The van der Waals surface area contributed by atoms with Crippen LogP contribution in [0.4, 0.5) is 10.5 Å². The molecule has 136 valence electrons. The Hall–Kier alpha value is -2.28. The molecular formula is C18H26N4O3. The average molecular weight is 346 g/mol. The van der Waals surface area contributed by atoms with Crippen molar-refractivity contribution in [1.29, 1.82) is 0 Å². The van der Waals surface area contributed by atoms with Gasteiger partial charge in [0.05, 0.1) is 19.3 Å².